The van der Waals surface area contributed by atoms with Gasteiger partial charge < -0.3 is 10.0 Å². The molecule has 2 aromatic carbocycles. The van der Waals surface area contributed by atoms with E-state index in [1.807, 2.05) is 0 Å². The van der Waals surface area contributed by atoms with E-state index in [1.165, 1.54) is 12.1 Å². The lowest BCUT2D eigenvalue weighted by atomic mass is 9.79. The molecule has 0 atom stereocenters. The van der Waals surface area contributed by atoms with Crippen LogP contribution in [0.2, 0.25) is 0 Å². The molecule has 0 radical (unpaired) electrons. The largest absolute Gasteiger partial charge is 0.491 e. The predicted molar refractivity (Wildman–Crippen MR) is 79.0 cm³/mol. The van der Waals surface area contributed by atoms with Crippen LogP contribution in [0.3, 0.4) is 0 Å². The van der Waals surface area contributed by atoms with Crippen molar-refractivity contribution in [3.05, 3.63) is 65.5 Å². The molecule has 0 aromatic heterocycles. The summed E-state index contributed by atoms with van der Waals surface area (Å²) in [6.07, 6.45) is 0. The molecule has 0 aliphatic heterocycles. The Morgan fingerprint density at radius 1 is 0.952 bits per heavy atom. The van der Waals surface area contributed by atoms with E-state index in [9.17, 15) is 12.8 Å². The van der Waals surface area contributed by atoms with E-state index in [0.29, 0.717) is 5.56 Å². The van der Waals surface area contributed by atoms with Crippen molar-refractivity contribution in [1.29, 1.82) is 0 Å². The van der Waals surface area contributed by atoms with Gasteiger partial charge in [-0.2, -0.15) is 0 Å². The quantitative estimate of drug-likeness (QED) is 0.794. The van der Waals surface area contributed by atoms with E-state index in [2.05, 4.69) is 0 Å². The molecule has 0 spiro atoms. The normalized spacial score (nSPS) is 11.4. The van der Waals surface area contributed by atoms with Crippen molar-refractivity contribution in [1.82, 2.24) is 0 Å². The highest BCUT2D eigenvalue weighted by Crippen LogP contribution is 2.13. The Kier molecular flexibility index (Phi) is 4.77. The lowest BCUT2D eigenvalue weighted by molar-refractivity contribution is 0.423. The molecule has 0 saturated heterocycles. The average molecular weight is 308 g/mol. The summed E-state index contributed by atoms with van der Waals surface area (Å²) in [5.41, 5.74) is 0.660. The van der Waals surface area contributed by atoms with Gasteiger partial charge in [0, 0.05) is 5.46 Å². The van der Waals surface area contributed by atoms with Crippen molar-refractivity contribution in [3.63, 3.8) is 0 Å². The monoisotopic (exact) mass is 308 g/mol. The maximum atomic E-state index is 13.6. The lowest BCUT2D eigenvalue weighted by Gasteiger charge is -2.07. The minimum atomic E-state index is -3.43. The highest BCUT2D eigenvalue weighted by atomic mass is 32.2. The summed E-state index contributed by atoms with van der Waals surface area (Å²) in [6, 6.07) is 12.3. The van der Waals surface area contributed by atoms with Crippen LogP contribution in [0.4, 0.5) is 4.39 Å². The standard InChI is InChI=1S/C14H14BFO4S/c16-14-8-12(6-7-13(14)15(17)18)10-21(19,20)9-11-4-2-1-3-5-11/h1-8,17-18H,9-10H2. The third-order valence-corrected chi connectivity index (χ3v) is 4.51. The third kappa shape index (κ3) is 4.39. The molecule has 2 rings (SSSR count). The molecular weight excluding hydrogens is 294 g/mol. The van der Waals surface area contributed by atoms with Crippen molar-refractivity contribution < 1.29 is 22.9 Å². The molecule has 110 valence electrons. The summed E-state index contributed by atoms with van der Waals surface area (Å²) in [6.45, 7) is 0. The van der Waals surface area contributed by atoms with Crippen molar-refractivity contribution in [2.45, 2.75) is 11.5 Å². The van der Waals surface area contributed by atoms with Crippen LogP contribution in [0.1, 0.15) is 11.1 Å². The zero-order chi connectivity index (χ0) is 15.5. The first-order chi connectivity index (χ1) is 9.87. The van der Waals surface area contributed by atoms with Gasteiger partial charge >= 0.3 is 7.12 Å². The van der Waals surface area contributed by atoms with Gasteiger partial charge in [-0.05, 0) is 17.2 Å². The maximum Gasteiger partial charge on any atom is 0.491 e. The minimum Gasteiger partial charge on any atom is -0.423 e. The van der Waals surface area contributed by atoms with E-state index >= 15 is 0 Å². The first-order valence-electron chi connectivity index (χ1n) is 6.26. The minimum absolute atomic E-state index is 0.125. The SMILES string of the molecule is O=S(=O)(Cc1ccccc1)Cc1ccc(B(O)O)c(F)c1. The van der Waals surface area contributed by atoms with Crippen molar-refractivity contribution in [3.8, 4) is 0 Å². The van der Waals surface area contributed by atoms with Crippen LogP contribution >= 0.6 is 0 Å². The molecular formula is C14H14BFO4S. The second-order valence-electron chi connectivity index (χ2n) is 4.75. The second kappa shape index (κ2) is 6.38. The van der Waals surface area contributed by atoms with Gasteiger partial charge in [0.2, 0.25) is 0 Å². The molecule has 0 aliphatic rings. The van der Waals surface area contributed by atoms with E-state index < -0.39 is 22.8 Å². The summed E-state index contributed by atoms with van der Waals surface area (Å²) in [5.74, 6) is -1.27. The molecule has 0 unspecified atom stereocenters. The first kappa shape index (κ1) is 15.7. The fraction of sp³-hybridized carbons (Fsp3) is 0.143. The van der Waals surface area contributed by atoms with E-state index in [0.717, 1.165) is 6.07 Å². The van der Waals surface area contributed by atoms with Gasteiger partial charge in [-0.3, -0.25) is 0 Å². The Morgan fingerprint density at radius 3 is 2.14 bits per heavy atom. The Morgan fingerprint density at radius 2 is 1.57 bits per heavy atom. The molecule has 2 aromatic rings. The van der Waals surface area contributed by atoms with Gasteiger partial charge in [-0.25, -0.2) is 12.8 Å². The zero-order valence-corrected chi connectivity index (χ0v) is 11.9. The van der Waals surface area contributed by atoms with Gasteiger partial charge in [0.25, 0.3) is 0 Å². The van der Waals surface area contributed by atoms with Crippen LogP contribution < -0.4 is 5.46 Å². The number of hydrogen-bond acceptors (Lipinski definition) is 4. The third-order valence-electron chi connectivity index (χ3n) is 2.96. The Bertz CT molecular complexity index is 717. The number of hydrogen-bond donors (Lipinski definition) is 2. The Balaban J connectivity index is 2.15. The number of sulfone groups is 1. The van der Waals surface area contributed by atoms with Crippen molar-refractivity contribution in [2.75, 3.05) is 0 Å². The van der Waals surface area contributed by atoms with Crippen molar-refractivity contribution >= 4 is 22.4 Å². The summed E-state index contributed by atoms with van der Waals surface area (Å²) < 4.78 is 37.7. The topological polar surface area (TPSA) is 74.6 Å². The molecule has 2 N–H and O–H groups in total. The molecule has 7 heteroatoms. The number of rotatable bonds is 5. The molecule has 0 saturated carbocycles. The van der Waals surface area contributed by atoms with E-state index in [-0.39, 0.29) is 22.5 Å². The van der Waals surface area contributed by atoms with Gasteiger partial charge in [-0.15, -0.1) is 0 Å². The van der Waals surface area contributed by atoms with Gasteiger partial charge in [-0.1, -0.05) is 42.5 Å². The van der Waals surface area contributed by atoms with Crippen LogP contribution in [0.5, 0.6) is 0 Å². The van der Waals surface area contributed by atoms with E-state index in [4.69, 9.17) is 10.0 Å². The van der Waals surface area contributed by atoms with Crippen LogP contribution in [0.25, 0.3) is 0 Å². The van der Waals surface area contributed by atoms with Crippen LogP contribution in [-0.2, 0) is 21.3 Å². The van der Waals surface area contributed by atoms with Crippen LogP contribution in [-0.4, -0.2) is 25.6 Å². The Labute approximate surface area is 122 Å². The van der Waals surface area contributed by atoms with Crippen LogP contribution in [0.15, 0.2) is 48.5 Å². The molecule has 0 amide bonds. The smallest absolute Gasteiger partial charge is 0.423 e. The molecule has 21 heavy (non-hydrogen) atoms. The van der Waals surface area contributed by atoms with Gasteiger partial charge in [0.15, 0.2) is 9.84 Å². The van der Waals surface area contributed by atoms with Gasteiger partial charge in [0.05, 0.1) is 11.5 Å². The number of halogens is 1. The predicted octanol–water partition coefficient (Wildman–Crippen LogP) is 0.621. The second-order valence-corrected chi connectivity index (χ2v) is 6.81. The highest BCUT2D eigenvalue weighted by Gasteiger charge is 2.19. The zero-order valence-electron chi connectivity index (χ0n) is 11.1. The summed E-state index contributed by atoms with van der Waals surface area (Å²) in [7, 11) is -5.35. The summed E-state index contributed by atoms with van der Waals surface area (Å²) in [4.78, 5) is 0. The molecule has 4 nitrogen and oxygen atoms in total. The highest BCUT2D eigenvalue weighted by molar-refractivity contribution is 7.89. The average Bonchev–Trinajstić information content (AvgIpc) is 2.38. The fourth-order valence-corrected chi connectivity index (χ4v) is 3.49. The maximum absolute atomic E-state index is 13.6. The number of benzene rings is 2. The molecule has 0 heterocycles. The van der Waals surface area contributed by atoms with Crippen molar-refractivity contribution in [2.24, 2.45) is 0 Å². The molecule has 0 fully saturated rings. The summed E-state index contributed by atoms with van der Waals surface area (Å²) >= 11 is 0. The first-order valence-corrected chi connectivity index (χ1v) is 8.08. The van der Waals surface area contributed by atoms with Gasteiger partial charge in [0.1, 0.15) is 5.82 Å². The molecule has 0 bridgehead atoms. The fourth-order valence-electron chi connectivity index (χ4n) is 2.00. The van der Waals surface area contributed by atoms with E-state index in [1.54, 1.807) is 30.3 Å². The van der Waals surface area contributed by atoms with Crippen LogP contribution in [0, 0.1) is 5.82 Å². The summed E-state index contributed by atoms with van der Waals surface area (Å²) in [5, 5.41) is 17.8. The lowest BCUT2D eigenvalue weighted by Crippen LogP contribution is -2.32. The Hall–Kier alpha value is -1.70. The molecule has 0 aliphatic carbocycles.